The molecule has 1 aliphatic rings. The van der Waals surface area contributed by atoms with Gasteiger partial charge in [0.1, 0.15) is 5.82 Å². The Morgan fingerprint density at radius 2 is 2.33 bits per heavy atom. The minimum absolute atomic E-state index is 0.118. The molecule has 1 saturated heterocycles. The van der Waals surface area contributed by atoms with Crippen molar-refractivity contribution in [3.8, 4) is 0 Å². The molecule has 18 heavy (non-hydrogen) atoms. The Labute approximate surface area is 106 Å². The molecule has 1 unspecified atom stereocenters. The van der Waals surface area contributed by atoms with E-state index in [1.165, 1.54) is 6.07 Å². The van der Waals surface area contributed by atoms with Gasteiger partial charge >= 0.3 is 5.97 Å². The minimum Gasteiger partial charge on any atom is -0.481 e. The Morgan fingerprint density at radius 3 is 3.00 bits per heavy atom. The lowest BCUT2D eigenvalue weighted by atomic mass is 10.1. The number of carboxylic acid groups (broad SMARTS) is 1. The standard InChI is InChI=1S/C14H18FNO2/c1-10-7-11(4-5-13(10)15)9-16-6-2-3-12(16)8-14(17)18/h4-5,7,12H,2-3,6,8-9H2,1H3,(H,17,18). The molecule has 0 amide bonds. The Bertz CT molecular complexity index is 447. The number of nitrogens with zero attached hydrogens (tertiary/aromatic N) is 1. The predicted molar refractivity (Wildman–Crippen MR) is 66.8 cm³/mol. The highest BCUT2D eigenvalue weighted by molar-refractivity contribution is 5.67. The zero-order valence-electron chi connectivity index (χ0n) is 10.5. The first-order valence-corrected chi connectivity index (χ1v) is 6.27. The van der Waals surface area contributed by atoms with E-state index < -0.39 is 5.97 Å². The van der Waals surface area contributed by atoms with Gasteiger partial charge in [-0.1, -0.05) is 12.1 Å². The van der Waals surface area contributed by atoms with Crippen molar-refractivity contribution >= 4 is 5.97 Å². The van der Waals surface area contributed by atoms with Crippen LogP contribution in [0.4, 0.5) is 4.39 Å². The Hall–Kier alpha value is -1.42. The fourth-order valence-corrected chi connectivity index (χ4v) is 2.58. The first-order valence-electron chi connectivity index (χ1n) is 6.27. The second kappa shape index (κ2) is 5.48. The molecule has 0 bridgehead atoms. The molecule has 0 aliphatic carbocycles. The highest BCUT2D eigenvalue weighted by Crippen LogP contribution is 2.23. The molecule has 1 fully saturated rings. The summed E-state index contributed by atoms with van der Waals surface area (Å²) in [4.78, 5) is 13.0. The molecule has 1 aromatic rings. The van der Waals surface area contributed by atoms with Gasteiger partial charge in [-0.3, -0.25) is 9.69 Å². The van der Waals surface area contributed by atoms with Crippen LogP contribution in [0.15, 0.2) is 18.2 Å². The first kappa shape index (κ1) is 13.0. The number of halogens is 1. The molecule has 1 atom stereocenters. The van der Waals surface area contributed by atoms with E-state index in [0.29, 0.717) is 12.1 Å². The third-order valence-electron chi connectivity index (χ3n) is 3.52. The number of rotatable bonds is 4. The van der Waals surface area contributed by atoms with Gasteiger partial charge in [0.15, 0.2) is 0 Å². The number of carbonyl (C=O) groups is 1. The molecule has 1 N–H and O–H groups in total. The number of hydrogen-bond donors (Lipinski definition) is 1. The lowest BCUT2D eigenvalue weighted by molar-refractivity contribution is -0.138. The van der Waals surface area contributed by atoms with Crippen LogP contribution in [0.5, 0.6) is 0 Å². The molecule has 2 rings (SSSR count). The van der Waals surface area contributed by atoms with Crippen LogP contribution in [-0.2, 0) is 11.3 Å². The molecule has 1 aliphatic heterocycles. The zero-order valence-corrected chi connectivity index (χ0v) is 10.5. The Kier molecular flexibility index (Phi) is 3.97. The van der Waals surface area contributed by atoms with Crippen LogP contribution in [-0.4, -0.2) is 28.6 Å². The summed E-state index contributed by atoms with van der Waals surface area (Å²) in [7, 11) is 0. The van der Waals surface area contributed by atoms with Crippen LogP contribution >= 0.6 is 0 Å². The number of carboxylic acids is 1. The van der Waals surface area contributed by atoms with Crippen molar-refractivity contribution in [2.75, 3.05) is 6.54 Å². The minimum atomic E-state index is -0.748. The van der Waals surface area contributed by atoms with Crippen molar-refractivity contribution in [3.63, 3.8) is 0 Å². The Balaban J connectivity index is 2.03. The van der Waals surface area contributed by atoms with Crippen molar-refractivity contribution in [2.45, 2.75) is 38.8 Å². The smallest absolute Gasteiger partial charge is 0.304 e. The molecular weight excluding hydrogens is 233 g/mol. The summed E-state index contributed by atoms with van der Waals surface area (Å²) >= 11 is 0. The summed E-state index contributed by atoms with van der Waals surface area (Å²) in [6.07, 6.45) is 2.17. The van der Waals surface area contributed by atoms with E-state index >= 15 is 0 Å². The number of aliphatic carboxylic acids is 1. The Morgan fingerprint density at radius 1 is 1.56 bits per heavy atom. The molecular formula is C14H18FNO2. The highest BCUT2D eigenvalue weighted by atomic mass is 19.1. The van der Waals surface area contributed by atoms with Gasteiger partial charge in [0.2, 0.25) is 0 Å². The summed E-state index contributed by atoms with van der Waals surface area (Å²) in [5.41, 5.74) is 1.69. The van der Waals surface area contributed by atoms with Crippen LogP contribution in [0.25, 0.3) is 0 Å². The van der Waals surface area contributed by atoms with Crippen molar-refractivity contribution in [1.29, 1.82) is 0 Å². The molecule has 4 heteroatoms. The summed E-state index contributed by atoms with van der Waals surface area (Å²) in [5, 5.41) is 8.86. The summed E-state index contributed by atoms with van der Waals surface area (Å²) in [6.45, 7) is 3.38. The van der Waals surface area contributed by atoms with Gasteiger partial charge in [0.25, 0.3) is 0 Å². The molecule has 0 saturated carbocycles. The van der Waals surface area contributed by atoms with Gasteiger partial charge in [0.05, 0.1) is 6.42 Å². The second-order valence-corrected chi connectivity index (χ2v) is 4.95. The number of likely N-dealkylation sites (tertiary alicyclic amines) is 1. The second-order valence-electron chi connectivity index (χ2n) is 4.95. The third-order valence-corrected chi connectivity index (χ3v) is 3.52. The molecule has 98 valence electrons. The molecule has 0 spiro atoms. The van der Waals surface area contributed by atoms with Gasteiger partial charge in [-0.2, -0.15) is 0 Å². The maximum atomic E-state index is 13.2. The van der Waals surface area contributed by atoms with Gasteiger partial charge in [-0.25, -0.2) is 4.39 Å². The summed E-state index contributed by atoms with van der Waals surface area (Å²) in [5.74, 6) is -0.940. The number of hydrogen-bond acceptors (Lipinski definition) is 2. The van der Waals surface area contributed by atoms with Crippen molar-refractivity contribution in [3.05, 3.63) is 35.1 Å². The van der Waals surface area contributed by atoms with E-state index in [9.17, 15) is 9.18 Å². The molecule has 0 aromatic heterocycles. The number of aryl methyl sites for hydroxylation is 1. The van der Waals surface area contributed by atoms with Gasteiger partial charge in [-0.05, 0) is 43.5 Å². The van der Waals surface area contributed by atoms with Gasteiger partial charge < -0.3 is 5.11 Å². The SMILES string of the molecule is Cc1cc(CN2CCCC2CC(=O)O)ccc1F. The van der Waals surface area contributed by atoms with E-state index in [4.69, 9.17) is 5.11 Å². The molecule has 1 heterocycles. The average molecular weight is 251 g/mol. The molecule has 3 nitrogen and oxygen atoms in total. The van der Waals surface area contributed by atoms with Crippen molar-refractivity contribution < 1.29 is 14.3 Å². The lowest BCUT2D eigenvalue weighted by Gasteiger charge is -2.23. The van der Waals surface area contributed by atoms with Crippen LogP contribution in [0.1, 0.15) is 30.4 Å². The van der Waals surface area contributed by atoms with E-state index in [1.807, 2.05) is 6.07 Å². The molecule has 0 radical (unpaired) electrons. The maximum Gasteiger partial charge on any atom is 0.304 e. The van der Waals surface area contributed by atoms with Gasteiger partial charge in [0, 0.05) is 12.6 Å². The molecule has 1 aromatic carbocycles. The van der Waals surface area contributed by atoms with E-state index in [1.54, 1.807) is 13.0 Å². The topological polar surface area (TPSA) is 40.5 Å². The fraction of sp³-hybridized carbons (Fsp3) is 0.500. The predicted octanol–water partition coefficient (Wildman–Crippen LogP) is 2.57. The summed E-state index contributed by atoms with van der Waals surface area (Å²) in [6, 6.07) is 5.21. The van der Waals surface area contributed by atoms with Crippen LogP contribution < -0.4 is 0 Å². The largest absolute Gasteiger partial charge is 0.481 e. The zero-order chi connectivity index (χ0) is 13.1. The van der Waals surface area contributed by atoms with E-state index in [-0.39, 0.29) is 18.3 Å². The van der Waals surface area contributed by atoms with Crippen LogP contribution in [0.2, 0.25) is 0 Å². The maximum absolute atomic E-state index is 13.2. The monoisotopic (exact) mass is 251 g/mol. The van der Waals surface area contributed by atoms with Crippen molar-refractivity contribution in [1.82, 2.24) is 4.90 Å². The van der Waals surface area contributed by atoms with E-state index in [0.717, 1.165) is 24.9 Å². The quantitative estimate of drug-likeness (QED) is 0.894. The number of benzene rings is 1. The van der Waals surface area contributed by atoms with Crippen LogP contribution in [0.3, 0.4) is 0 Å². The normalized spacial score (nSPS) is 20.2. The van der Waals surface area contributed by atoms with Crippen molar-refractivity contribution in [2.24, 2.45) is 0 Å². The third kappa shape index (κ3) is 3.07. The van der Waals surface area contributed by atoms with Crippen LogP contribution in [0, 0.1) is 12.7 Å². The van der Waals surface area contributed by atoms with Gasteiger partial charge in [-0.15, -0.1) is 0 Å². The summed E-state index contributed by atoms with van der Waals surface area (Å²) < 4.78 is 13.2. The highest BCUT2D eigenvalue weighted by Gasteiger charge is 2.26. The average Bonchev–Trinajstić information content (AvgIpc) is 2.70. The van der Waals surface area contributed by atoms with E-state index in [2.05, 4.69) is 4.90 Å². The fourth-order valence-electron chi connectivity index (χ4n) is 2.58. The first-order chi connectivity index (χ1) is 8.56. The lowest BCUT2D eigenvalue weighted by Crippen LogP contribution is -2.30.